The number of likely N-dealkylation sites (N-methyl/N-ethyl adjacent to an activating group) is 1. The van der Waals surface area contributed by atoms with E-state index in [0.29, 0.717) is 5.92 Å². The maximum Gasteiger partial charge on any atom is 0.243 e. The van der Waals surface area contributed by atoms with E-state index >= 15 is 0 Å². The van der Waals surface area contributed by atoms with Crippen LogP contribution in [-0.4, -0.2) is 37.5 Å². The largest absolute Gasteiger partial charge is 0.395 e. The molecule has 0 radical (unpaired) electrons. The minimum atomic E-state index is -3.52. The van der Waals surface area contributed by atoms with Crippen LogP contribution in [0.25, 0.3) is 0 Å². The molecular weight excluding hydrogens is 262 g/mol. The summed E-state index contributed by atoms with van der Waals surface area (Å²) in [5.41, 5.74) is 1.13. The summed E-state index contributed by atoms with van der Waals surface area (Å²) < 4.78 is 25.8. The third-order valence-corrected chi connectivity index (χ3v) is 5.12. The SMILES string of the molecule is CC(C)Cc1ccc(S(=O)(=O)N(C)C(C)CO)cc1. The first kappa shape index (κ1) is 16.1. The van der Waals surface area contributed by atoms with Gasteiger partial charge in [0.15, 0.2) is 0 Å². The van der Waals surface area contributed by atoms with Crippen LogP contribution in [-0.2, 0) is 16.4 Å². The summed E-state index contributed by atoms with van der Waals surface area (Å²) in [6, 6.07) is 6.54. The molecule has 0 bridgehead atoms. The van der Waals surface area contributed by atoms with E-state index in [1.807, 2.05) is 12.1 Å². The third-order valence-electron chi connectivity index (χ3n) is 3.13. The first-order valence-electron chi connectivity index (χ1n) is 6.47. The summed E-state index contributed by atoms with van der Waals surface area (Å²) in [6.07, 6.45) is 0.934. The highest BCUT2D eigenvalue weighted by atomic mass is 32.2. The number of benzene rings is 1. The van der Waals surface area contributed by atoms with E-state index in [2.05, 4.69) is 13.8 Å². The minimum Gasteiger partial charge on any atom is -0.395 e. The minimum absolute atomic E-state index is 0.193. The Kier molecular flexibility index (Phi) is 5.52. The second kappa shape index (κ2) is 6.50. The van der Waals surface area contributed by atoms with Crippen molar-refractivity contribution in [1.29, 1.82) is 0 Å². The van der Waals surface area contributed by atoms with Gasteiger partial charge in [-0.1, -0.05) is 26.0 Å². The highest BCUT2D eigenvalue weighted by molar-refractivity contribution is 7.89. The molecule has 0 aliphatic carbocycles. The van der Waals surface area contributed by atoms with E-state index in [1.165, 1.54) is 11.4 Å². The van der Waals surface area contributed by atoms with E-state index in [0.717, 1.165) is 12.0 Å². The average Bonchev–Trinajstić information content (AvgIpc) is 2.36. The van der Waals surface area contributed by atoms with Crippen molar-refractivity contribution in [2.75, 3.05) is 13.7 Å². The molecule has 0 saturated carbocycles. The van der Waals surface area contributed by atoms with Crippen LogP contribution in [0, 0.1) is 5.92 Å². The summed E-state index contributed by atoms with van der Waals surface area (Å²) in [5.74, 6) is 0.541. The number of hydrogen-bond acceptors (Lipinski definition) is 3. The first-order chi connectivity index (χ1) is 8.78. The summed E-state index contributed by atoms with van der Waals surface area (Å²) >= 11 is 0. The van der Waals surface area contributed by atoms with E-state index in [1.54, 1.807) is 19.1 Å². The normalized spacial score (nSPS) is 14.1. The fraction of sp³-hybridized carbons (Fsp3) is 0.571. The highest BCUT2D eigenvalue weighted by Gasteiger charge is 2.24. The van der Waals surface area contributed by atoms with Crippen LogP contribution in [0.4, 0.5) is 0 Å². The van der Waals surface area contributed by atoms with Crippen molar-refractivity contribution in [3.8, 4) is 0 Å². The van der Waals surface area contributed by atoms with Crippen molar-refractivity contribution in [1.82, 2.24) is 4.31 Å². The van der Waals surface area contributed by atoms with Crippen LogP contribution in [0.5, 0.6) is 0 Å². The topological polar surface area (TPSA) is 57.6 Å². The number of hydrogen-bond donors (Lipinski definition) is 1. The Labute approximate surface area is 116 Å². The van der Waals surface area contributed by atoms with Gasteiger partial charge in [0.2, 0.25) is 10.0 Å². The second-order valence-corrected chi connectivity index (χ2v) is 7.29. The Bertz CT molecular complexity index is 494. The lowest BCUT2D eigenvalue weighted by Crippen LogP contribution is -2.37. The van der Waals surface area contributed by atoms with Gasteiger partial charge < -0.3 is 5.11 Å². The van der Waals surface area contributed by atoms with Gasteiger partial charge in [-0.15, -0.1) is 0 Å². The Hall–Kier alpha value is -0.910. The van der Waals surface area contributed by atoms with Crippen LogP contribution >= 0.6 is 0 Å². The molecule has 0 spiro atoms. The quantitative estimate of drug-likeness (QED) is 0.868. The third kappa shape index (κ3) is 4.03. The van der Waals surface area contributed by atoms with Gasteiger partial charge in [-0.25, -0.2) is 8.42 Å². The fourth-order valence-electron chi connectivity index (χ4n) is 1.79. The predicted molar refractivity (Wildman–Crippen MR) is 76.5 cm³/mol. The summed E-state index contributed by atoms with van der Waals surface area (Å²) in [5, 5.41) is 9.05. The zero-order chi connectivity index (χ0) is 14.6. The number of nitrogens with zero attached hydrogens (tertiary/aromatic N) is 1. The van der Waals surface area contributed by atoms with Gasteiger partial charge in [-0.3, -0.25) is 0 Å². The van der Waals surface area contributed by atoms with Crippen LogP contribution in [0.2, 0.25) is 0 Å². The van der Waals surface area contributed by atoms with Crippen molar-refractivity contribution < 1.29 is 13.5 Å². The molecule has 0 aromatic heterocycles. The lowest BCUT2D eigenvalue weighted by Gasteiger charge is -2.22. The molecule has 5 heteroatoms. The molecule has 1 unspecified atom stereocenters. The van der Waals surface area contributed by atoms with E-state index in [4.69, 9.17) is 5.11 Å². The zero-order valence-electron chi connectivity index (χ0n) is 12.0. The molecule has 1 aromatic rings. The maximum absolute atomic E-state index is 12.3. The van der Waals surface area contributed by atoms with Crippen molar-refractivity contribution in [2.24, 2.45) is 5.92 Å². The number of sulfonamides is 1. The highest BCUT2D eigenvalue weighted by Crippen LogP contribution is 2.18. The van der Waals surface area contributed by atoms with Gasteiger partial charge in [0.05, 0.1) is 11.5 Å². The second-order valence-electron chi connectivity index (χ2n) is 5.29. The number of aliphatic hydroxyl groups excluding tert-OH is 1. The molecule has 0 aliphatic heterocycles. The van der Waals surface area contributed by atoms with Gasteiger partial charge in [-0.05, 0) is 37.0 Å². The van der Waals surface area contributed by atoms with Gasteiger partial charge >= 0.3 is 0 Å². The molecular formula is C14H23NO3S. The summed E-state index contributed by atoms with van der Waals surface area (Å²) in [7, 11) is -2.04. The van der Waals surface area contributed by atoms with Crippen LogP contribution < -0.4 is 0 Å². The fourth-order valence-corrected chi connectivity index (χ4v) is 3.14. The predicted octanol–water partition coefficient (Wildman–Crippen LogP) is 1.89. The Morgan fingerprint density at radius 2 is 1.68 bits per heavy atom. The molecule has 1 atom stereocenters. The first-order valence-corrected chi connectivity index (χ1v) is 7.91. The van der Waals surface area contributed by atoms with Gasteiger partial charge in [-0.2, -0.15) is 4.31 Å². The molecule has 108 valence electrons. The molecule has 0 fully saturated rings. The lowest BCUT2D eigenvalue weighted by molar-refractivity contribution is 0.214. The molecule has 0 aliphatic rings. The average molecular weight is 285 g/mol. The van der Waals surface area contributed by atoms with Crippen molar-refractivity contribution in [3.05, 3.63) is 29.8 Å². The smallest absolute Gasteiger partial charge is 0.243 e. The number of rotatable bonds is 6. The molecule has 1 aromatic carbocycles. The Morgan fingerprint density at radius 1 is 1.16 bits per heavy atom. The van der Waals surface area contributed by atoms with Gasteiger partial charge in [0.1, 0.15) is 0 Å². The summed E-state index contributed by atoms with van der Waals surface area (Å²) in [4.78, 5) is 0.266. The molecule has 1 rings (SSSR count). The van der Waals surface area contributed by atoms with Crippen molar-refractivity contribution in [2.45, 2.75) is 38.1 Å². The van der Waals surface area contributed by atoms with Crippen LogP contribution in [0.15, 0.2) is 29.2 Å². The van der Waals surface area contributed by atoms with Crippen molar-refractivity contribution in [3.63, 3.8) is 0 Å². The maximum atomic E-state index is 12.3. The summed E-state index contributed by atoms with van der Waals surface area (Å²) in [6.45, 7) is 5.73. The van der Waals surface area contributed by atoms with Crippen molar-refractivity contribution >= 4 is 10.0 Å². The van der Waals surface area contributed by atoms with Gasteiger partial charge in [0, 0.05) is 13.1 Å². The zero-order valence-corrected chi connectivity index (χ0v) is 12.8. The molecule has 4 nitrogen and oxygen atoms in total. The van der Waals surface area contributed by atoms with E-state index in [-0.39, 0.29) is 11.5 Å². The van der Waals surface area contributed by atoms with Crippen LogP contribution in [0.1, 0.15) is 26.3 Å². The Balaban J connectivity index is 2.97. The van der Waals surface area contributed by atoms with E-state index < -0.39 is 16.1 Å². The monoisotopic (exact) mass is 285 g/mol. The van der Waals surface area contributed by atoms with Gasteiger partial charge in [0.25, 0.3) is 0 Å². The number of aliphatic hydroxyl groups is 1. The van der Waals surface area contributed by atoms with Crippen LogP contribution in [0.3, 0.4) is 0 Å². The molecule has 1 N–H and O–H groups in total. The molecule has 0 heterocycles. The lowest BCUT2D eigenvalue weighted by atomic mass is 10.0. The standard InChI is InChI=1S/C14H23NO3S/c1-11(2)9-13-5-7-14(8-6-13)19(17,18)15(4)12(3)10-16/h5-8,11-12,16H,9-10H2,1-4H3. The molecule has 0 saturated heterocycles. The Morgan fingerprint density at radius 3 is 2.11 bits per heavy atom. The van der Waals surface area contributed by atoms with E-state index in [9.17, 15) is 8.42 Å². The molecule has 0 amide bonds. The molecule has 19 heavy (non-hydrogen) atoms.